The molecule has 0 spiro atoms. The summed E-state index contributed by atoms with van der Waals surface area (Å²) in [6, 6.07) is 0. The Hall–Kier alpha value is -0.120. The van der Waals surface area contributed by atoms with Crippen LogP contribution in [0.25, 0.3) is 0 Å². The van der Waals surface area contributed by atoms with E-state index in [0.29, 0.717) is 0 Å². The quantitative estimate of drug-likeness (QED) is 0.559. The molecule has 3 heteroatoms. The Bertz CT molecular complexity index is 130. The summed E-state index contributed by atoms with van der Waals surface area (Å²) in [6.07, 6.45) is 3.06. The molecular weight excluding hydrogens is 178 g/mol. The maximum absolute atomic E-state index is 9.27. The van der Waals surface area contributed by atoms with Gasteiger partial charge in [-0.2, -0.15) is 0 Å². The lowest BCUT2D eigenvalue weighted by atomic mass is 9.97. The summed E-state index contributed by atoms with van der Waals surface area (Å²) in [5, 5.41) is 12.6. The van der Waals surface area contributed by atoms with E-state index in [2.05, 4.69) is 19.2 Å². The van der Waals surface area contributed by atoms with Crippen molar-refractivity contribution in [2.24, 2.45) is 0 Å². The second-order valence-corrected chi connectivity index (χ2v) is 3.95. The second kappa shape index (κ2) is 8.21. The number of aliphatic hydroxyl groups is 1. The minimum atomic E-state index is -0.132. The molecule has 0 heterocycles. The van der Waals surface area contributed by atoms with Crippen LogP contribution < -0.4 is 5.32 Å². The third-order valence-corrected chi connectivity index (χ3v) is 2.37. The number of rotatable bonds is 9. The van der Waals surface area contributed by atoms with Gasteiger partial charge in [-0.25, -0.2) is 0 Å². The van der Waals surface area contributed by atoms with Crippen LogP contribution in [0.1, 0.15) is 40.0 Å². The van der Waals surface area contributed by atoms with Crippen LogP contribution in [-0.2, 0) is 4.74 Å². The Morgan fingerprint density at radius 3 is 2.57 bits per heavy atom. The van der Waals surface area contributed by atoms with Gasteiger partial charge in [0.2, 0.25) is 0 Å². The SMILES string of the molecule is CCCNC(C)(CO)CCCOCC. The summed E-state index contributed by atoms with van der Waals surface area (Å²) >= 11 is 0. The molecule has 0 amide bonds. The highest BCUT2D eigenvalue weighted by Crippen LogP contribution is 2.11. The highest BCUT2D eigenvalue weighted by atomic mass is 16.5. The lowest BCUT2D eigenvalue weighted by Gasteiger charge is -2.28. The van der Waals surface area contributed by atoms with Crippen LogP contribution in [0.2, 0.25) is 0 Å². The van der Waals surface area contributed by atoms with E-state index in [1.165, 1.54) is 0 Å². The second-order valence-electron chi connectivity index (χ2n) is 3.95. The molecule has 86 valence electrons. The largest absolute Gasteiger partial charge is 0.394 e. The van der Waals surface area contributed by atoms with Crippen molar-refractivity contribution in [3.63, 3.8) is 0 Å². The van der Waals surface area contributed by atoms with Gasteiger partial charge in [0.1, 0.15) is 0 Å². The molecule has 0 rings (SSSR count). The predicted octanol–water partition coefficient (Wildman–Crippen LogP) is 1.55. The van der Waals surface area contributed by atoms with Crippen molar-refractivity contribution in [1.29, 1.82) is 0 Å². The zero-order chi connectivity index (χ0) is 10.9. The van der Waals surface area contributed by atoms with Gasteiger partial charge in [-0.1, -0.05) is 6.92 Å². The van der Waals surface area contributed by atoms with Crippen molar-refractivity contribution >= 4 is 0 Å². The van der Waals surface area contributed by atoms with E-state index in [9.17, 15) is 5.11 Å². The topological polar surface area (TPSA) is 41.5 Å². The standard InChI is InChI=1S/C11H25NO2/c1-4-8-12-11(3,10-13)7-6-9-14-5-2/h12-13H,4-10H2,1-3H3. The van der Waals surface area contributed by atoms with Crippen LogP contribution in [-0.4, -0.2) is 37.0 Å². The molecule has 0 aliphatic rings. The van der Waals surface area contributed by atoms with Crippen molar-refractivity contribution in [3.05, 3.63) is 0 Å². The van der Waals surface area contributed by atoms with Crippen LogP contribution in [0.3, 0.4) is 0 Å². The molecule has 0 aliphatic heterocycles. The molecule has 0 aromatic heterocycles. The molecule has 0 saturated carbocycles. The molecule has 0 bridgehead atoms. The minimum Gasteiger partial charge on any atom is -0.394 e. The molecule has 0 saturated heterocycles. The number of nitrogens with one attached hydrogen (secondary N) is 1. The summed E-state index contributed by atoms with van der Waals surface area (Å²) in [5.41, 5.74) is -0.132. The first-order valence-corrected chi connectivity index (χ1v) is 5.62. The van der Waals surface area contributed by atoms with Gasteiger partial charge < -0.3 is 15.2 Å². The van der Waals surface area contributed by atoms with Crippen molar-refractivity contribution in [1.82, 2.24) is 5.32 Å². The molecule has 2 N–H and O–H groups in total. The average molecular weight is 203 g/mol. The normalized spacial score (nSPS) is 15.4. The monoisotopic (exact) mass is 203 g/mol. The highest BCUT2D eigenvalue weighted by molar-refractivity contribution is 4.81. The highest BCUT2D eigenvalue weighted by Gasteiger charge is 2.21. The molecule has 0 aliphatic carbocycles. The third-order valence-electron chi connectivity index (χ3n) is 2.37. The van der Waals surface area contributed by atoms with Crippen LogP contribution in [0, 0.1) is 0 Å². The van der Waals surface area contributed by atoms with Crippen molar-refractivity contribution < 1.29 is 9.84 Å². The van der Waals surface area contributed by atoms with Crippen molar-refractivity contribution in [2.45, 2.75) is 45.6 Å². The summed E-state index contributed by atoms with van der Waals surface area (Å²) in [7, 11) is 0. The minimum absolute atomic E-state index is 0.132. The van der Waals surface area contributed by atoms with E-state index in [1.807, 2.05) is 6.92 Å². The number of hydrogen-bond acceptors (Lipinski definition) is 3. The van der Waals surface area contributed by atoms with Crippen molar-refractivity contribution in [2.75, 3.05) is 26.4 Å². The van der Waals surface area contributed by atoms with Gasteiger partial charge in [0.25, 0.3) is 0 Å². The average Bonchev–Trinajstić information content (AvgIpc) is 2.22. The van der Waals surface area contributed by atoms with Crippen LogP contribution >= 0.6 is 0 Å². The van der Waals surface area contributed by atoms with Crippen LogP contribution in [0.5, 0.6) is 0 Å². The van der Waals surface area contributed by atoms with E-state index in [4.69, 9.17) is 4.74 Å². The fraction of sp³-hybridized carbons (Fsp3) is 1.00. The Labute approximate surface area is 87.8 Å². The first-order valence-electron chi connectivity index (χ1n) is 5.62. The maximum atomic E-state index is 9.27. The fourth-order valence-corrected chi connectivity index (χ4v) is 1.36. The Balaban J connectivity index is 3.63. The van der Waals surface area contributed by atoms with E-state index in [1.54, 1.807) is 0 Å². The van der Waals surface area contributed by atoms with Gasteiger partial charge in [-0.3, -0.25) is 0 Å². The van der Waals surface area contributed by atoms with E-state index < -0.39 is 0 Å². The lowest BCUT2D eigenvalue weighted by molar-refractivity contribution is 0.118. The van der Waals surface area contributed by atoms with E-state index in [0.717, 1.165) is 39.0 Å². The Kier molecular flexibility index (Phi) is 8.14. The Morgan fingerprint density at radius 2 is 2.07 bits per heavy atom. The summed E-state index contributed by atoms with van der Waals surface area (Å²) in [6.45, 7) is 8.92. The third kappa shape index (κ3) is 6.35. The zero-order valence-corrected chi connectivity index (χ0v) is 9.81. The number of hydrogen-bond donors (Lipinski definition) is 2. The molecule has 3 nitrogen and oxygen atoms in total. The summed E-state index contributed by atoms with van der Waals surface area (Å²) < 4.78 is 5.27. The van der Waals surface area contributed by atoms with Crippen LogP contribution in [0.15, 0.2) is 0 Å². The number of aliphatic hydroxyl groups excluding tert-OH is 1. The molecule has 0 radical (unpaired) electrons. The molecule has 0 aromatic rings. The Morgan fingerprint density at radius 1 is 1.36 bits per heavy atom. The first kappa shape index (κ1) is 13.9. The van der Waals surface area contributed by atoms with Gasteiger partial charge in [0, 0.05) is 18.8 Å². The lowest BCUT2D eigenvalue weighted by Crippen LogP contribution is -2.46. The number of ether oxygens (including phenoxy) is 1. The maximum Gasteiger partial charge on any atom is 0.0610 e. The summed E-state index contributed by atoms with van der Waals surface area (Å²) in [4.78, 5) is 0. The predicted molar refractivity (Wildman–Crippen MR) is 59.5 cm³/mol. The smallest absolute Gasteiger partial charge is 0.0610 e. The van der Waals surface area contributed by atoms with Crippen LogP contribution in [0.4, 0.5) is 0 Å². The van der Waals surface area contributed by atoms with Crippen molar-refractivity contribution in [3.8, 4) is 0 Å². The van der Waals surface area contributed by atoms with E-state index >= 15 is 0 Å². The molecule has 1 unspecified atom stereocenters. The first-order chi connectivity index (χ1) is 6.68. The summed E-state index contributed by atoms with van der Waals surface area (Å²) in [5.74, 6) is 0. The molecular formula is C11H25NO2. The van der Waals surface area contributed by atoms with E-state index in [-0.39, 0.29) is 12.1 Å². The molecule has 0 fully saturated rings. The molecule has 0 aromatic carbocycles. The van der Waals surface area contributed by atoms with Gasteiger partial charge in [0.05, 0.1) is 6.61 Å². The molecule has 14 heavy (non-hydrogen) atoms. The molecule has 1 atom stereocenters. The zero-order valence-electron chi connectivity index (χ0n) is 9.81. The van der Waals surface area contributed by atoms with Gasteiger partial charge in [-0.05, 0) is 39.7 Å². The van der Waals surface area contributed by atoms with Gasteiger partial charge in [0.15, 0.2) is 0 Å². The fourth-order valence-electron chi connectivity index (χ4n) is 1.36. The van der Waals surface area contributed by atoms with Gasteiger partial charge in [-0.15, -0.1) is 0 Å². The van der Waals surface area contributed by atoms with Gasteiger partial charge >= 0.3 is 0 Å².